The molecule has 0 aliphatic carbocycles. The van der Waals surface area contributed by atoms with E-state index in [1.807, 2.05) is 0 Å². The van der Waals surface area contributed by atoms with Gasteiger partial charge in [0.1, 0.15) is 6.10 Å². The molecule has 1 aromatic rings. The lowest BCUT2D eigenvalue weighted by atomic mass is 9.98. The Labute approximate surface area is 113 Å². The number of aliphatic hydroxyl groups is 2. The highest BCUT2D eigenvalue weighted by molar-refractivity contribution is 6.17. The van der Waals surface area contributed by atoms with Gasteiger partial charge in [-0.25, -0.2) is 9.59 Å². The number of carboxylic acids is 2. The third-order valence-corrected chi connectivity index (χ3v) is 2.78. The molecule has 1 rings (SSSR count). The Morgan fingerprint density at radius 3 is 1.89 bits per heavy atom. The zero-order chi connectivity index (χ0) is 14.6. The molecule has 2 unspecified atom stereocenters. The smallest absolute Gasteiger partial charge is 0.335 e. The maximum absolute atomic E-state index is 10.9. The molecule has 0 aliphatic rings. The average molecular weight is 289 g/mol. The maximum Gasteiger partial charge on any atom is 0.335 e. The fourth-order valence-corrected chi connectivity index (χ4v) is 1.78. The minimum atomic E-state index is -1.39. The van der Waals surface area contributed by atoms with Gasteiger partial charge in [0.25, 0.3) is 0 Å². The first-order valence-electron chi connectivity index (χ1n) is 5.40. The van der Waals surface area contributed by atoms with E-state index in [9.17, 15) is 19.8 Å². The van der Waals surface area contributed by atoms with Crippen molar-refractivity contribution < 1.29 is 30.0 Å². The second kappa shape index (κ2) is 6.51. The van der Waals surface area contributed by atoms with Crippen LogP contribution in [-0.2, 0) is 0 Å². The Hall–Kier alpha value is -1.63. The molecule has 0 saturated carbocycles. The van der Waals surface area contributed by atoms with E-state index in [0.717, 1.165) is 18.2 Å². The van der Waals surface area contributed by atoms with Crippen LogP contribution in [0, 0.1) is 0 Å². The van der Waals surface area contributed by atoms with Crippen molar-refractivity contribution in [2.24, 2.45) is 0 Å². The first kappa shape index (κ1) is 15.4. The summed E-state index contributed by atoms with van der Waals surface area (Å²) in [7, 11) is 0. The second-order valence-electron chi connectivity index (χ2n) is 3.94. The number of aliphatic hydroxyl groups excluding tert-OH is 2. The van der Waals surface area contributed by atoms with Crippen molar-refractivity contribution in [3.63, 3.8) is 0 Å². The van der Waals surface area contributed by atoms with E-state index in [1.54, 1.807) is 0 Å². The van der Waals surface area contributed by atoms with Crippen LogP contribution in [0.4, 0.5) is 0 Å². The normalized spacial score (nSPS) is 13.8. The van der Waals surface area contributed by atoms with Crippen molar-refractivity contribution in [2.45, 2.75) is 18.6 Å². The summed E-state index contributed by atoms with van der Waals surface area (Å²) in [5, 5.41) is 37.2. The van der Waals surface area contributed by atoms with Crippen molar-refractivity contribution >= 4 is 23.5 Å². The summed E-state index contributed by atoms with van der Waals surface area (Å²) in [4.78, 5) is 21.8. The van der Waals surface area contributed by atoms with Gasteiger partial charge in [-0.2, -0.15) is 0 Å². The van der Waals surface area contributed by atoms with Gasteiger partial charge >= 0.3 is 11.9 Å². The summed E-state index contributed by atoms with van der Waals surface area (Å²) in [5.41, 5.74) is -0.519. The van der Waals surface area contributed by atoms with E-state index < -0.39 is 24.1 Å². The third-order valence-electron chi connectivity index (χ3n) is 2.56. The minimum Gasteiger partial charge on any atom is -0.478 e. The lowest BCUT2D eigenvalue weighted by molar-refractivity contribution is 0.0168. The lowest BCUT2D eigenvalue weighted by Gasteiger charge is -2.18. The highest BCUT2D eigenvalue weighted by Crippen LogP contribution is 2.22. The van der Waals surface area contributed by atoms with E-state index in [1.165, 1.54) is 0 Å². The molecule has 0 radical (unpaired) electrons. The number of halogens is 1. The average Bonchev–Trinajstić information content (AvgIpc) is 2.37. The van der Waals surface area contributed by atoms with Crippen molar-refractivity contribution in [1.29, 1.82) is 0 Å². The highest BCUT2D eigenvalue weighted by atomic mass is 35.5. The number of benzene rings is 1. The van der Waals surface area contributed by atoms with Crippen LogP contribution in [0.25, 0.3) is 0 Å². The molecule has 0 aliphatic heterocycles. The van der Waals surface area contributed by atoms with Crippen molar-refractivity contribution in [1.82, 2.24) is 0 Å². The van der Waals surface area contributed by atoms with E-state index in [4.69, 9.17) is 21.8 Å². The van der Waals surface area contributed by atoms with Crippen LogP contribution in [0.1, 0.15) is 38.8 Å². The number of alkyl halides is 1. The van der Waals surface area contributed by atoms with Crippen LogP contribution in [0.15, 0.2) is 18.2 Å². The van der Waals surface area contributed by atoms with Gasteiger partial charge < -0.3 is 20.4 Å². The monoisotopic (exact) mass is 288 g/mol. The molecule has 6 nitrogen and oxygen atoms in total. The molecule has 0 amide bonds. The summed E-state index contributed by atoms with van der Waals surface area (Å²) in [6, 6.07) is 3.22. The molecule has 0 saturated heterocycles. The van der Waals surface area contributed by atoms with E-state index in [2.05, 4.69) is 0 Å². The Bertz CT molecular complexity index is 455. The Morgan fingerprint density at radius 2 is 1.53 bits per heavy atom. The standard InChI is InChI=1S/C12H13ClO6/c13-2-1-9(14)10(15)6-3-7(11(16)17)5-8(4-6)12(18)19/h3-5,9-10,14-15H,1-2H2,(H,16,17)(H,18,19). The Morgan fingerprint density at radius 1 is 1.05 bits per heavy atom. The Balaban J connectivity index is 3.19. The van der Waals surface area contributed by atoms with E-state index in [0.29, 0.717) is 0 Å². The predicted octanol–water partition coefficient (Wildman–Crippen LogP) is 1.11. The summed E-state index contributed by atoms with van der Waals surface area (Å²) in [6.45, 7) is 0. The van der Waals surface area contributed by atoms with Gasteiger partial charge in [0.15, 0.2) is 0 Å². The molecular weight excluding hydrogens is 276 g/mol. The molecule has 0 fully saturated rings. The molecule has 19 heavy (non-hydrogen) atoms. The number of carboxylic acid groups (broad SMARTS) is 2. The molecule has 1 aromatic carbocycles. The minimum absolute atomic E-state index is 0.0231. The zero-order valence-corrected chi connectivity index (χ0v) is 10.5. The molecule has 0 spiro atoms. The van der Waals surface area contributed by atoms with Crippen molar-refractivity contribution in [2.75, 3.05) is 5.88 Å². The zero-order valence-electron chi connectivity index (χ0n) is 9.78. The first-order chi connectivity index (χ1) is 8.86. The van der Waals surface area contributed by atoms with Gasteiger partial charge in [0, 0.05) is 5.88 Å². The number of aromatic carboxylic acids is 2. The van der Waals surface area contributed by atoms with E-state index >= 15 is 0 Å². The van der Waals surface area contributed by atoms with Crippen LogP contribution in [0.3, 0.4) is 0 Å². The van der Waals surface area contributed by atoms with Gasteiger partial charge in [-0.1, -0.05) is 0 Å². The van der Waals surface area contributed by atoms with Crippen LogP contribution in [0.2, 0.25) is 0 Å². The molecular formula is C12H13ClO6. The molecule has 4 N–H and O–H groups in total. The molecule has 7 heteroatoms. The van der Waals surface area contributed by atoms with E-state index in [-0.39, 0.29) is 29.0 Å². The first-order valence-corrected chi connectivity index (χ1v) is 5.94. The third kappa shape index (κ3) is 3.92. The summed E-state index contributed by atoms with van der Waals surface area (Å²) in [6.07, 6.45) is -2.48. The fraction of sp³-hybridized carbons (Fsp3) is 0.333. The van der Waals surface area contributed by atoms with Gasteiger partial charge in [-0.3, -0.25) is 0 Å². The van der Waals surface area contributed by atoms with Crippen LogP contribution < -0.4 is 0 Å². The fourth-order valence-electron chi connectivity index (χ4n) is 1.56. The summed E-state index contributed by atoms with van der Waals surface area (Å²) in [5.74, 6) is -2.52. The lowest BCUT2D eigenvalue weighted by Crippen LogP contribution is -2.19. The van der Waals surface area contributed by atoms with Gasteiger partial charge in [0.2, 0.25) is 0 Å². The molecule has 0 aromatic heterocycles. The van der Waals surface area contributed by atoms with Gasteiger partial charge in [-0.15, -0.1) is 11.6 Å². The van der Waals surface area contributed by atoms with Crippen LogP contribution in [-0.4, -0.2) is 44.3 Å². The summed E-state index contributed by atoms with van der Waals surface area (Å²) < 4.78 is 0. The number of hydrogen-bond donors (Lipinski definition) is 4. The van der Waals surface area contributed by atoms with Gasteiger partial charge in [-0.05, 0) is 30.2 Å². The van der Waals surface area contributed by atoms with Crippen LogP contribution in [0.5, 0.6) is 0 Å². The topological polar surface area (TPSA) is 115 Å². The maximum atomic E-state index is 10.9. The number of hydrogen-bond acceptors (Lipinski definition) is 4. The largest absolute Gasteiger partial charge is 0.478 e. The Kier molecular flexibility index (Phi) is 5.29. The van der Waals surface area contributed by atoms with Crippen molar-refractivity contribution in [3.05, 3.63) is 34.9 Å². The SMILES string of the molecule is O=C(O)c1cc(C(=O)O)cc(C(O)C(O)CCCl)c1. The quantitative estimate of drug-likeness (QED) is 0.583. The second-order valence-corrected chi connectivity index (χ2v) is 4.32. The van der Waals surface area contributed by atoms with Gasteiger partial charge in [0.05, 0.1) is 17.2 Å². The molecule has 2 atom stereocenters. The van der Waals surface area contributed by atoms with Crippen LogP contribution >= 0.6 is 11.6 Å². The molecule has 104 valence electrons. The summed E-state index contributed by atoms with van der Waals surface area (Å²) >= 11 is 5.43. The van der Waals surface area contributed by atoms with Crippen molar-refractivity contribution in [3.8, 4) is 0 Å². The predicted molar refractivity (Wildman–Crippen MR) is 66.7 cm³/mol. The number of carbonyl (C=O) groups is 2. The molecule has 0 heterocycles. The number of rotatable bonds is 6. The molecule has 0 bridgehead atoms. The highest BCUT2D eigenvalue weighted by Gasteiger charge is 2.21.